The fraction of sp³-hybridized carbons (Fsp3) is 0.200. The monoisotopic (exact) mass is 245 g/mol. The van der Waals surface area contributed by atoms with Gasteiger partial charge in [-0.05, 0) is 23.8 Å². The smallest absolute Gasteiger partial charge is 0.304 e. The van der Waals surface area contributed by atoms with Crippen molar-refractivity contribution in [1.82, 2.24) is 4.98 Å². The number of allylic oxidation sites excluding steroid dienone is 1. The normalized spacial score (nSPS) is 11.9. The minimum absolute atomic E-state index is 0.0487. The first-order chi connectivity index (χ1) is 7.09. The van der Waals surface area contributed by atoms with Crippen LogP contribution in [-0.4, -0.2) is 16.1 Å². The Bertz CT molecular complexity index is 361. The summed E-state index contributed by atoms with van der Waals surface area (Å²) >= 11 is 11.0. The third kappa shape index (κ3) is 4.32. The third-order valence-electron chi connectivity index (χ3n) is 1.86. The Morgan fingerprint density at radius 3 is 2.53 bits per heavy atom. The molecule has 5 heteroatoms. The van der Waals surface area contributed by atoms with Crippen LogP contribution in [0.2, 0.25) is 0 Å². The Balaban J connectivity index is 2.91. The van der Waals surface area contributed by atoms with Gasteiger partial charge in [-0.2, -0.15) is 0 Å². The Kier molecular flexibility index (Phi) is 4.59. The standard InChI is InChI=1S/C10H9Cl2NO2/c11-9(12)5-8(6-10(14)15)7-1-3-13-4-2-7/h1-5,8H,6H2,(H,14,15). The van der Waals surface area contributed by atoms with E-state index in [0.717, 1.165) is 5.56 Å². The van der Waals surface area contributed by atoms with E-state index in [1.54, 1.807) is 24.5 Å². The van der Waals surface area contributed by atoms with Crippen molar-refractivity contribution in [1.29, 1.82) is 0 Å². The number of aromatic nitrogens is 1. The Labute approximate surface area is 97.3 Å². The molecule has 80 valence electrons. The van der Waals surface area contributed by atoms with Crippen molar-refractivity contribution in [2.45, 2.75) is 12.3 Å². The molecule has 1 heterocycles. The van der Waals surface area contributed by atoms with Crippen LogP contribution in [0.4, 0.5) is 0 Å². The number of aliphatic carboxylic acids is 1. The van der Waals surface area contributed by atoms with Crippen molar-refractivity contribution in [3.05, 3.63) is 40.7 Å². The highest BCUT2D eigenvalue weighted by molar-refractivity contribution is 6.55. The summed E-state index contributed by atoms with van der Waals surface area (Å²) in [5.74, 6) is -1.22. The first-order valence-corrected chi connectivity index (χ1v) is 4.99. The zero-order valence-corrected chi connectivity index (χ0v) is 9.24. The average molecular weight is 246 g/mol. The van der Waals surface area contributed by atoms with Crippen molar-refractivity contribution in [2.75, 3.05) is 0 Å². The van der Waals surface area contributed by atoms with E-state index < -0.39 is 5.97 Å². The fourth-order valence-corrected chi connectivity index (χ4v) is 1.53. The van der Waals surface area contributed by atoms with Crippen LogP contribution in [0.5, 0.6) is 0 Å². The summed E-state index contributed by atoms with van der Waals surface area (Å²) in [6.07, 6.45) is 4.65. The highest BCUT2D eigenvalue weighted by Crippen LogP contribution is 2.24. The van der Waals surface area contributed by atoms with E-state index in [1.807, 2.05) is 0 Å². The van der Waals surface area contributed by atoms with Gasteiger partial charge in [-0.15, -0.1) is 0 Å². The number of rotatable bonds is 4. The van der Waals surface area contributed by atoms with E-state index >= 15 is 0 Å². The van der Waals surface area contributed by atoms with E-state index in [1.165, 1.54) is 6.08 Å². The van der Waals surface area contributed by atoms with Gasteiger partial charge >= 0.3 is 5.97 Å². The number of pyridine rings is 1. The molecule has 0 bridgehead atoms. The molecule has 0 saturated heterocycles. The van der Waals surface area contributed by atoms with Crippen LogP contribution in [0.3, 0.4) is 0 Å². The van der Waals surface area contributed by atoms with E-state index in [4.69, 9.17) is 28.3 Å². The first kappa shape index (κ1) is 12.0. The molecular weight excluding hydrogens is 237 g/mol. The number of hydrogen-bond acceptors (Lipinski definition) is 2. The molecule has 0 amide bonds. The molecule has 0 aromatic carbocycles. The number of carbonyl (C=O) groups is 1. The Morgan fingerprint density at radius 2 is 2.07 bits per heavy atom. The number of carboxylic acid groups (broad SMARTS) is 1. The van der Waals surface area contributed by atoms with Gasteiger partial charge in [-0.3, -0.25) is 9.78 Å². The fourth-order valence-electron chi connectivity index (χ4n) is 1.22. The quantitative estimate of drug-likeness (QED) is 0.888. The van der Waals surface area contributed by atoms with Gasteiger partial charge < -0.3 is 5.11 Å². The summed E-state index contributed by atoms with van der Waals surface area (Å²) in [7, 11) is 0. The van der Waals surface area contributed by atoms with Crippen LogP contribution in [0.25, 0.3) is 0 Å². The minimum Gasteiger partial charge on any atom is -0.481 e. The van der Waals surface area contributed by atoms with Gasteiger partial charge in [0.15, 0.2) is 0 Å². The third-order valence-corrected chi connectivity index (χ3v) is 2.11. The molecule has 1 atom stereocenters. The molecule has 1 aromatic heterocycles. The van der Waals surface area contributed by atoms with Gasteiger partial charge in [0.1, 0.15) is 4.49 Å². The number of hydrogen-bond donors (Lipinski definition) is 1. The van der Waals surface area contributed by atoms with Crippen LogP contribution in [-0.2, 0) is 4.79 Å². The SMILES string of the molecule is O=C(O)CC(C=C(Cl)Cl)c1ccncc1. The average Bonchev–Trinajstić information content (AvgIpc) is 2.17. The Hall–Kier alpha value is -1.06. The molecule has 0 saturated carbocycles. The number of carboxylic acids is 1. The summed E-state index contributed by atoms with van der Waals surface area (Å²) in [4.78, 5) is 14.5. The van der Waals surface area contributed by atoms with Crippen molar-refractivity contribution in [3.63, 3.8) is 0 Å². The topological polar surface area (TPSA) is 50.2 Å². The highest BCUT2D eigenvalue weighted by Gasteiger charge is 2.13. The summed E-state index contributed by atoms with van der Waals surface area (Å²) in [6.45, 7) is 0. The largest absolute Gasteiger partial charge is 0.481 e. The predicted molar refractivity (Wildman–Crippen MR) is 59.0 cm³/mol. The summed E-state index contributed by atoms with van der Waals surface area (Å²) in [5, 5.41) is 8.73. The lowest BCUT2D eigenvalue weighted by atomic mass is 9.97. The molecule has 1 unspecified atom stereocenters. The van der Waals surface area contributed by atoms with Crippen LogP contribution in [0, 0.1) is 0 Å². The highest BCUT2D eigenvalue weighted by atomic mass is 35.5. The molecule has 15 heavy (non-hydrogen) atoms. The second kappa shape index (κ2) is 5.73. The predicted octanol–water partition coefficient (Wildman–Crippen LogP) is 2.96. The molecule has 0 radical (unpaired) electrons. The van der Waals surface area contributed by atoms with Crippen molar-refractivity contribution < 1.29 is 9.90 Å². The van der Waals surface area contributed by atoms with Crippen LogP contribution in [0.15, 0.2) is 35.1 Å². The van der Waals surface area contributed by atoms with Gasteiger partial charge in [0.2, 0.25) is 0 Å². The zero-order chi connectivity index (χ0) is 11.3. The van der Waals surface area contributed by atoms with Crippen molar-refractivity contribution in [3.8, 4) is 0 Å². The van der Waals surface area contributed by atoms with Crippen molar-refractivity contribution >= 4 is 29.2 Å². The molecule has 0 aliphatic heterocycles. The minimum atomic E-state index is -0.900. The van der Waals surface area contributed by atoms with E-state index in [-0.39, 0.29) is 16.8 Å². The molecule has 0 spiro atoms. The maximum atomic E-state index is 10.6. The maximum absolute atomic E-state index is 10.6. The zero-order valence-electron chi connectivity index (χ0n) is 7.73. The molecule has 1 N–H and O–H groups in total. The van der Waals surface area contributed by atoms with Gasteiger partial charge in [0.25, 0.3) is 0 Å². The molecule has 0 aliphatic rings. The second-order valence-corrected chi connectivity index (χ2v) is 3.95. The van der Waals surface area contributed by atoms with Gasteiger partial charge in [0, 0.05) is 18.3 Å². The molecule has 1 aromatic rings. The summed E-state index contributed by atoms with van der Waals surface area (Å²) in [6, 6.07) is 3.47. The maximum Gasteiger partial charge on any atom is 0.304 e. The lowest BCUT2D eigenvalue weighted by Gasteiger charge is -2.09. The molecule has 3 nitrogen and oxygen atoms in total. The Morgan fingerprint density at radius 1 is 1.47 bits per heavy atom. The molecular formula is C10H9Cl2NO2. The van der Waals surface area contributed by atoms with E-state index in [0.29, 0.717) is 0 Å². The van der Waals surface area contributed by atoms with Gasteiger partial charge in [-0.25, -0.2) is 0 Å². The van der Waals surface area contributed by atoms with E-state index in [9.17, 15) is 4.79 Å². The van der Waals surface area contributed by atoms with Gasteiger partial charge in [0.05, 0.1) is 6.42 Å². The summed E-state index contributed by atoms with van der Waals surface area (Å²) in [5.41, 5.74) is 0.825. The molecule has 1 rings (SSSR count). The lowest BCUT2D eigenvalue weighted by Crippen LogP contribution is -2.04. The molecule has 0 fully saturated rings. The number of nitrogens with zero attached hydrogens (tertiary/aromatic N) is 1. The van der Waals surface area contributed by atoms with Crippen LogP contribution in [0.1, 0.15) is 17.9 Å². The van der Waals surface area contributed by atoms with Crippen LogP contribution < -0.4 is 0 Å². The second-order valence-electron chi connectivity index (χ2n) is 2.94. The molecule has 0 aliphatic carbocycles. The lowest BCUT2D eigenvalue weighted by molar-refractivity contribution is -0.137. The summed E-state index contributed by atoms with van der Waals surface area (Å²) < 4.78 is 0.0677. The van der Waals surface area contributed by atoms with E-state index in [2.05, 4.69) is 4.98 Å². The van der Waals surface area contributed by atoms with Crippen molar-refractivity contribution in [2.24, 2.45) is 0 Å². The first-order valence-electron chi connectivity index (χ1n) is 4.24. The van der Waals surface area contributed by atoms with Crippen LogP contribution >= 0.6 is 23.2 Å². The number of halogens is 2. The van der Waals surface area contributed by atoms with Gasteiger partial charge in [-0.1, -0.05) is 23.2 Å².